The van der Waals surface area contributed by atoms with Crippen LogP contribution in [0.2, 0.25) is 0 Å². The van der Waals surface area contributed by atoms with E-state index in [1.165, 1.54) is 0 Å². The first-order valence-corrected chi connectivity index (χ1v) is 7.63. The van der Waals surface area contributed by atoms with Crippen LogP contribution in [0, 0.1) is 0 Å². The molecule has 1 amide bonds. The number of carbonyl (C=O) groups excluding carboxylic acids is 1. The first-order valence-electron chi connectivity index (χ1n) is 7.63. The Bertz CT molecular complexity index is 701. The standard InChI is InChI=1S/C16H21N3O4/c1-8-13(20)15(22)14(21)12(19-8)7-18-16(23)10-2-3-11-9(6-10)4-5-17-11/h2-6,8,12-15,17,19-22H,7H2,1H3,(H,18,23)/t8-,12+,13+,14+,15+/m0/s1. The highest BCUT2D eigenvalue weighted by Crippen LogP contribution is 2.16. The van der Waals surface area contributed by atoms with Gasteiger partial charge in [0.15, 0.2) is 0 Å². The van der Waals surface area contributed by atoms with Gasteiger partial charge in [0, 0.05) is 35.2 Å². The Hall–Kier alpha value is -1.93. The topological polar surface area (TPSA) is 118 Å². The molecule has 1 aromatic heterocycles. The van der Waals surface area contributed by atoms with Crippen molar-refractivity contribution in [2.75, 3.05) is 6.54 Å². The molecule has 0 saturated carbocycles. The van der Waals surface area contributed by atoms with Crippen molar-refractivity contribution in [3.63, 3.8) is 0 Å². The maximum atomic E-state index is 12.2. The van der Waals surface area contributed by atoms with Crippen LogP contribution in [0.5, 0.6) is 0 Å². The molecule has 1 aliphatic heterocycles. The van der Waals surface area contributed by atoms with Crippen LogP contribution in [0.15, 0.2) is 30.5 Å². The normalized spacial score (nSPS) is 31.2. The Morgan fingerprint density at radius 1 is 1.17 bits per heavy atom. The Morgan fingerprint density at radius 3 is 2.74 bits per heavy atom. The number of nitrogens with one attached hydrogen (secondary N) is 3. The van der Waals surface area contributed by atoms with Crippen LogP contribution >= 0.6 is 0 Å². The summed E-state index contributed by atoms with van der Waals surface area (Å²) in [7, 11) is 0. The Morgan fingerprint density at radius 2 is 1.96 bits per heavy atom. The number of hydrogen-bond acceptors (Lipinski definition) is 5. The third-order valence-corrected chi connectivity index (χ3v) is 4.40. The second-order valence-electron chi connectivity index (χ2n) is 6.02. The number of aliphatic hydroxyl groups is 3. The zero-order valence-electron chi connectivity index (χ0n) is 12.7. The number of aliphatic hydroxyl groups excluding tert-OH is 3. The molecule has 2 aromatic rings. The molecule has 1 fully saturated rings. The van der Waals surface area contributed by atoms with Gasteiger partial charge in [-0.3, -0.25) is 4.79 Å². The van der Waals surface area contributed by atoms with Crippen LogP contribution < -0.4 is 10.6 Å². The molecule has 23 heavy (non-hydrogen) atoms. The zero-order valence-corrected chi connectivity index (χ0v) is 12.7. The van der Waals surface area contributed by atoms with Crippen molar-refractivity contribution in [2.24, 2.45) is 0 Å². The molecule has 0 unspecified atom stereocenters. The van der Waals surface area contributed by atoms with E-state index in [-0.39, 0.29) is 18.5 Å². The lowest BCUT2D eigenvalue weighted by molar-refractivity contribution is -0.109. The van der Waals surface area contributed by atoms with Crippen LogP contribution in [0.3, 0.4) is 0 Å². The molecule has 7 heteroatoms. The van der Waals surface area contributed by atoms with Gasteiger partial charge in [0.05, 0.1) is 18.2 Å². The third-order valence-electron chi connectivity index (χ3n) is 4.40. The third kappa shape index (κ3) is 3.09. The van der Waals surface area contributed by atoms with Gasteiger partial charge >= 0.3 is 0 Å². The molecule has 0 radical (unpaired) electrons. The first kappa shape index (κ1) is 15.9. The maximum absolute atomic E-state index is 12.2. The van der Waals surface area contributed by atoms with E-state index in [1.54, 1.807) is 19.1 Å². The van der Waals surface area contributed by atoms with E-state index >= 15 is 0 Å². The summed E-state index contributed by atoms with van der Waals surface area (Å²) in [6.45, 7) is 1.87. The summed E-state index contributed by atoms with van der Waals surface area (Å²) >= 11 is 0. The van der Waals surface area contributed by atoms with Crippen LogP contribution in [0.1, 0.15) is 17.3 Å². The van der Waals surface area contributed by atoms with Gasteiger partial charge in [-0.05, 0) is 31.2 Å². The number of hydrogen-bond donors (Lipinski definition) is 6. The first-order chi connectivity index (χ1) is 11.0. The van der Waals surface area contributed by atoms with E-state index in [1.807, 2.05) is 18.3 Å². The predicted octanol–water partition coefficient (Wildman–Crippen LogP) is -0.659. The van der Waals surface area contributed by atoms with Gasteiger partial charge in [-0.2, -0.15) is 0 Å². The van der Waals surface area contributed by atoms with Crippen molar-refractivity contribution in [3.8, 4) is 0 Å². The molecule has 7 nitrogen and oxygen atoms in total. The number of rotatable bonds is 3. The van der Waals surface area contributed by atoms with Crippen molar-refractivity contribution < 1.29 is 20.1 Å². The minimum atomic E-state index is -1.23. The van der Waals surface area contributed by atoms with Crippen LogP contribution in [0.4, 0.5) is 0 Å². The van der Waals surface area contributed by atoms with E-state index in [2.05, 4.69) is 15.6 Å². The fraction of sp³-hybridized carbons (Fsp3) is 0.438. The number of aromatic amines is 1. The maximum Gasteiger partial charge on any atom is 0.251 e. The van der Waals surface area contributed by atoms with Gasteiger partial charge in [0.2, 0.25) is 0 Å². The summed E-state index contributed by atoms with van der Waals surface area (Å²) in [6.07, 6.45) is -1.60. The predicted molar refractivity (Wildman–Crippen MR) is 85.0 cm³/mol. The average Bonchev–Trinajstić information content (AvgIpc) is 3.02. The summed E-state index contributed by atoms with van der Waals surface area (Å²) in [4.78, 5) is 15.3. The van der Waals surface area contributed by atoms with E-state index in [4.69, 9.17) is 0 Å². The van der Waals surface area contributed by atoms with Crippen molar-refractivity contribution in [3.05, 3.63) is 36.0 Å². The summed E-state index contributed by atoms with van der Waals surface area (Å²) in [5, 5.41) is 36.2. The molecule has 3 rings (SSSR count). The average molecular weight is 319 g/mol. The number of H-pyrrole nitrogens is 1. The zero-order chi connectivity index (χ0) is 16.6. The Balaban J connectivity index is 1.64. The number of aromatic nitrogens is 1. The lowest BCUT2D eigenvalue weighted by Gasteiger charge is -2.40. The number of piperidine rings is 1. The summed E-state index contributed by atoms with van der Waals surface area (Å²) < 4.78 is 0. The molecule has 1 aromatic carbocycles. The lowest BCUT2D eigenvalue weighted by Crippen LogP contribution is -2.66. The molecule has 124 valence electrons. The van der Waals surface area contributed by atoms with Crippen molar-refractivity contribution in [1.82, 2.24) is 15.6 Å². The molecule has 0 bridgehead atoms. The fourth-order valence-corrected chi connectivity index (χ4v) is 2.95. The summed E-state index contributed by atoms with van der Waals surface area (Å²) in [5.74, 6) is -0.254. The minimum Gasteiger partial charge on any atom is -0.389 e. The SMILES string of the molecule is C[C@@H]1N[C@H](CNC(=O)c2ccc3[nH]ccc3c2)[C@@H](O)[C@H](O)[C@@H]1O. The van der Waals surface area contributed by atoms with Gasteiger partial charge in [-0.25, -0.2) is 0 Å². The molecule has 2 heterocycles. The van der Waals surface area contributed by atoms with Gasteiger partial charge in [-0.1, -0.05) is 0 Å². The molecule has 0 aliphatic carbocycles. The van der Waals surface area contributed by atoms with Crippen molar-refractivity contribution >= 4 is 16.8 Å². The second-order valence-corrected chi connectivity index (χ2v) is 6.02. The highest BCUT2D eigenvalue weighted by atomic mass is 16.4. The molecule has 6 N–H and O–H groups in total. The molecule has 5 atom stereocenters. The van der Waals surface area contributed by atoms with E-state index in [0.29, 0.717) is 5.56 Å². The number of fused-ring (bicyclic) bond motifs is 1. The number of carbonyl (C=O) groups is 1. The summed E-state index contributed by atoms with van der Waals surface area (Å²) in [5.41, 5.74) is 1.48. The van der Waals surface area contributed by atoms with Gasteiger partial charge in [0.25, 0.3) is 5.91 Å². The number of benzene rings is 1. The van der Waals surface area contributed by atoms with Crippen LogP contribution in [-0.2, 0) is 0 Å². The van der Waals surface area contributed by atoms with E-state index < -0.39 is 24.4 Å². The molecule has 1 aliphatic rings. The largest absolute Gasteiger partial charge is 0.389 e. The second kappa shape index (κ2) is 6.29. The van der Waals surface area contributed by atoms with Gasteiger partial charge < -0.3 is 30.9 Å². The molecule has 0 spiro atoms. The highest BCUT2D eigenvalue weighted by molar-refractivity contribution is 5.98. The van der Waals surface area contributed by atoms with Crippen molar-refractivity contribution in [2.45, 2.75) is 37.3 Å². The fourth-order valence-electron chi connectivity index (χ4n) is 2.95. The van der Waals surface area contributed by atoms with Crippen molar-refractivity contribution in [1.29, 1.82) is 0 Å². The van der Waals surface area contributed by atoms with Crippen LogP contribution in [-0.4, -0.2) is 63.2 Å². The Labute approximate surface area is 133 Å². The quantitative estimate of drug-likeness (QED) is 0.449. The summed E-state index contributed by atoms with van der Waals surface area (Å²) in [6, 6.07) is 6.33. The monoisotopic (exact) mass is 319 g/mol. The smallest absolute Gasteiger partial charge is 0.251 e. The minimum absolute atomic E-state index is 0.152. The molecular formula is C16H21N3O4. The lowest BCUT2D eigenvalue weighted by atomic mass is 9.91. The molecule has 1 saturated heterocycles. The Kier molecular flexibility index (Phi) is 4.36. The van der Waals surface area contributed by atoms with E-state index in [0.717, 1.165) is 10.9 Å². The number of amides is 1. The van der Waals surface area contributed by atoms with Crippen LogP contribution in [0.25, 0.3) is 10.9 Å². The highest BCUT2D eigenvalue weighted by Gasteiger charge is 2.40. The van der Waals surface area contributed by atoms with Gasteiger partial charge in [-0.15, -0.1) is 0 Å². The van der Waals surface area contributed by atoms with Gasteiger partial charge in [0.1, 0.15) is 6.10 Å². The molecular weight excluding hydrogens is 298 g/mol. The van der Waals surface area contributed by atoms with E-state index in [9.17, 15) is 20.1 Å².